The number of pyridine rings is 1. The molecule has 17 heavy (non-hydrogen) atoms. The van der Waals surface area contributed by atoms with Crippen LogP contribution >= 0.6 is 23.2 Å². The summed E-state index contributed by atoms with van der Waals surface area (Å²) in [4.78, 5) is 15.3. The molecule has 2 rings (SSSR count). The van der Waals surface area contributed by atoms with Gasteiger partial charge in [0.15, 0.2) is 5.69 Å². The molecule has 0 spiro atoms. The number of nitrogens with zero attached hydrogens (tertiary/aromatic N) is 1. The van der Waals surface area contributed by atoms with Crippen LogP contribution < -0.4 is 0 Å². The third-order valence-corrected chi connectivity index (χ3v) is 2.78. The second kappa shape index (κ2) is 4.47. The number of carbonyl (C=O) groups excluding carboxylic acids is 1. The summed E-state index contributed by atoms with van der Waals surface area (Å²) in [6.45, 7) is 0. The second-order valence-corrected chi connectivity index (χ2v) is 4.08. The molecule has 0 bridgehead atoms. The zero-order valence-corrected chi connectivity index (χ0v) is 10.1. The number of hydrogen-bond donors (Lipinski definition) is 0. The van der Waals surface area contributed by atoms with Crippen LogP contribution in [0.2, 0.25) is 10.0 Å². The van der Waals surface area contributed by atoms with Gasteiger partial charge in [-0.05, 0) is 18.2 Å². The largest absolute Gasteiger partial charge is 0.464 e. The fourth-order valence-corrected chi connectivity index (χ4v) is 1.92. The van der Waals surface area contributed by atoms with Crippen LogP contribution in [0.4, 0.5) is 4.39 Å². The van der Waals surface area contributed by atoms with Gasteiger partial charge in [-0.25, -0.2) is 14.2 Å². The Kier molecular flexibility index (Phi) is 3.17. The molecule has 2 aromatic rings. The molecule has 1 aromatic carbocycles. The SMILES string of the molecule is COC(=O)c1cc(Cl)c2cc(F)cc(Cl)c2n1. The molecule has 0 saturated carbocycles. The first-order chi connectivity index (χ1) is 8.02. The topological polar surface area (TPSA) is 39.2 Å². The van der Waals surface area contributed by atoms with Crippen LogP contribution in [0.25, 0.3) is 10.9 Å². The Hall–Kier alpha value is -1.39. The van der Waals surface area contributed by atoms with Gasteiger partial charge >= 0.3 is 5.97 Å². The van der Waals surface area contributed by atoms with Gasteiger partial charge in [0.05, 0.1) is 22.7 Å². The summed E-state index contributed by atoms with van der Waals surface area (Å²) in [5.74, 6) is -1.15. The molecule has 1 heterocycles. The van der Waals surface area contributed by atoms with E-state index in [-0.39, 0.29) is 21.3 Å². The van der Waals surface area contributed by atoms with Gasteiger partial charge in [-0.3, -0.25) is 0 Å². The number of rotatable bonds is 1. The van der Waals surface area contributed by atoms with Crippen LogP contribution in [0.1, 0.15) is 10.5 Å². The van der Waals surface area contributed by atoms with E-state index in [1.807, 2.05) is 0 Å². The average Bonchev–Trinajstić information content (AvgIpc) is 2.29. The van der Waals surface area contributed by atoms with E-state index in [1.54, 1.807) is 0 Å². The first-order valence-corrected chi connectivity index (χ1v) is 5.32. The number of fused-ring (bicyclic) bond motifs is 1. The van der Waals surface area contributed by atoms with Gasteiger partial charge in [-0.2, -0.15) is 0 Å². The van der Waals surface area contributed by atoms with Crippen molar-refractivity contribution in [1.29, 1.82) is 0 Å². The van der Waals surface area contributed by atoms with E-state index in [2.05, 4.69) is 9.72 Å². The van der Waals surface area contributed by atoms with Crippen molar-refractivity contribution in [3.8, 4) is 0 Å². The quantitative estimate of drug-likeness (QED) is 0.747. The van der Waals surface area contributed by atoms with Crippen molar-refractivity contribution in [3.63, 3.8) is 0 Å². The van der Waals surface area contributed by atoms with Crippen molar-refractivity contribution in [1.82, 2.24) is 4.98 Å². The summed E-state index contributed by atoms with van der Waals surface area (Å²) >= 11 is 11.8. The van der Waals surface area contributed by atoms with Gasteiger partial charge in [0, 0.05) is 5.39 Å². The van der Waals surface area contributed by atoms with Crippen molar-refractivity contribution < 1.29 is 13.9 Å². The predicted molar refractivity (Wildman–Crippen MR) is 63.1 cm³/mol. The maximum atomic E-state index is 13.1. The Morgan fingerprint density at radius 2 is 2.00 bits per heavy atom. The molecule has 0 aliphatic heterocycles. The number of benzene rings is 1. The van der Waals surface area contributed by atoms with E-state index < -0.39 is 11.8 Å². The summed E-state index contributed by atoms with van der Waals surface area (Å²) in [6, 6.07) is 3.62. The predicted octanol–water partition coefficient (Wildman–Crippen LogP) is 3.47. The molecule has 0 amide bonds. The van der Waals surface area contributed by atoms with E-state index in [4.69, 9.17) is 23.2 Å². The van der Waals surface area contributed by atoms with Gasteiger partial charge in [0.25, 0.3) is 0 Å². The molecule has 0 fully saturated rings. The van der Waals surface area contributed by atoms with Gasteiger partial charge in [-0.15, -0.1) is 0 Å². The van der Waals surface area contributed by atoms with E-state index >= 15 is 0 Å². The molecule has 0 aliphatic rings. The number of aromatic nitrogens is 1. The number of halogens is 3. The Balaban J connectivity index is 2.77. The number of methoxy groups -OCH3 is 1. The summed E-state index contributed by atoms with van der Waals surface area (Å²) in [6.07, 6.45) is 0. The highest BCUT2D eigenvalue weighted by molar-refractivity contribution is 6.39. The van der Waals surface area contributed by atoms with Crippen LogP contribution in [-0.2, 0) is 4.74 Å². The number of esters is 1. The highest BCUT2D eigenvalue weighted by Crippen LogP contribution is 2.29. The van der Waals surface area contributed by atoms with Gasteiger partial charge in [0.2, 0.25) is 0 Å². The van der Waals surface area contributed by atoms with E-state index in [0.717, 1.165) is 6.07 Å². The average molecular weight is 274 g/mol. The van der Waals surface area contributed by atoms with E-state index in [0.29, 0.717) is 5.39 Å². The Bertz CT molecular complexity index is 616. The Morgan fingerprint density at radius 1 is 1.29 bits per heavy atom. The second-order valence-electron chi connectivity index (χ2n) is 3.26. The standard InChI is InChI=1S/C11H6Cl2FNO2/c1-17-11(16)9-4-7(12)6-2-5(14)3-8(13)10(6)15-9/h2-4H,1H3. The molecule has 0 saturated heterocycles. The highest BCUT2D eigenvalue weighted by Gasteiger charge is 2.14. The first-order valence-electron chi connectivity index (χ1n) is 4.56. The monoisotopic (exact) mass is 273 g/mol. The molecular weight excluding hydrogens is 268 g/mol. The molecule has 3 nitrogen and oxygen atoms in total. The molecule has 1 aromatic heterocycles. The van der Waals surface area contributed by atoms with Crippen molar-refractivity contribution in [3.05, 3.63) is 39.8 Å². The molecule has 6 heteroatoms. The molecule has 0 N–H and O–H groups in total. The van der Waals surface area contributed by atoms with Crippen molar-refractivity contribution in [2.24, 2.45) is 0 Å². The van der Waals surface area contributed by atoms with Crippen molar-refractivity contribution >= 4 is 40.1 Å². The van der Waals surface area contributed by atoms with Crippen LogP contribution in [-0.4, -0.2) is 18.1 Å². The maximum Gasteiger partial charge on any atom is 0.356 e. The fraction of sp³-hybridized carbons (Fsp3) is 0.0909. The van der Waals surface area contributed by atoms with E-state index in [1.165, 1.54) is 19.2 Å². The van der Waals surface area contributed by atoms with Gasteiger partial charge in [0.1, 0.15) is 5.82 Å². The smallest absolute Gasteiger partial charge is 0.356 e. The zero-order valence-electron chi connectivity index (χ0n) is 8.63. The zero-order chi connectivity index (χ0) is 12.6. The molecule has 0 unspecified atom stereocenters. The molecule has 88 valence electrons. The van der Waals surface area contributed by atoms with Crippen LogP contribution in [0, 0.1) is 5.82 Å². The van der Waals surface area contributed by atoms with Crippen LogP contribution in [0.15, 0.2) is 18.2 Å². The lowest BCUT2D eigenvalue weighted by molar-refractivity contribution is 0.0594. The van der Waals surface area contributed by atoms with Crippen LogP contribution in [0.3, 0.4) is 0 Å². The Labute approximate surface area is 106 Å². The van der Waals surface area contributed by atoms with E-state index in [9.17, 15) is 9.18 Å². The highest BCUT2D eigenvalue weighted by atomic mass is 35.5. The summed E-state index contributed by atoms with van der Waals surface area (Å²) in [5.41, 5.74) is 0.291. The minimum Gasteiger partial charge on any atom is -0.464 e. The first kappa shape index (κ1) is 12.1. The fourth-order valence-electron chi connectivity index (χ4n) is 1.42. The van der Waals surface area contributed by atoms with Crippen LogP contribution in [0.5, 0.6) is 0 Å². The summed E-state index contributed by atoms with van der Waals surface area (Å²) in [7, 11) is 1.23. The molecule has 0 atom stereocenters. The third-order valence-electron chi connectivity index (χ3n) is 2.18. The Morgan fingerprint density at radius 3 is 2.65 bits per heavy atom. The van der Waals surface area contributed by atoms with Gasteiger partial charge in [-0.1, -0.05) is 23.2 Å². The number of carbonyl (C=O) groups is 1. The molecular formula is C11H6Cl2FNO2. The molecule has 0 aliphatic carbocycles. The van der Waals surface area contributed by atoms with Crippen molar-refractivity contribution in [2.75, 3.05) is 7.11 Å². The lowest BCUT2D eigenvalue weighted by Gasteiger charge is -2.05. The lowest BCUT2D eigenvalue weighted by Crippen LogP contribution is -2.04. The maximum absolute atomic E-state index is 13.1. The summed E-state index contributed by atoms with van der Waals surface area (Å²) < 4.78 is 17.7. The number of ether oxygens (including phenoxy) is 1. The normalized spacial score (nSPS) is 10.6. The van der Waals surface area contributed by atoms with Crippen molar-refractivity contribution in [2.45, 2.75) is 0 Å². The number of hydrogen-bond acceptors (Lipinski definition) is 3. The minimum absolute atomic E-state index is 0.0264. The lowest BCUT2D eigenvalue weighted by atomic mass is 10.2. The summed E-state index contributed by atoms with van der Waals surface area (Å²) in [5, 5.41) is 0.633. The van der Waals surface area contributed by atoms with Gasteiger partial charge < -0.3 is 4.74 Å². The third kappa shape index (κ3) is 2.18. The molecule has 0 radical (unpaired) electrons. The minimum atomic E-state index is -0.630.